The summed E-state index contributed by atoms with van der Waals surface area (Å²) in [6, 6.07) is 7.76. The van der Waals surface area contributed by atoms with Crippen molar-refractivity contribution in [2.24, 2.45) is 0 Å². The van der Waals surface area contributed by atoms with Gasteiger partial charge in [-0.15, -0.1) is 0 Å². The van der Waals surface area contributed by atoms with Gasteiger partial charge in [0.05, 0.1) is 23.3 Å². The van der Waals surface area contributed by atoms with Crippen LogP contribution in [0, 0.1) is 15.9 Å². The van der Waals surface area contributed by atoms with E-state index in [0.717, 1.165) is 18.2 Å². The number of anilines is 1. The minimum atomic E-state index is -0.748. The number of ether oxygens (including phenoxy) is 1. The Kier molecular flexibility index (Phi) is 5.99. The molecule has 2 rings (SSSR count). The van der Waals surface area contributed by atoms with Crippen molar-refractivity contribution in [1.29, 1.82) is 0 Å². The molecular weight excluding hydrogens is 417 g/mol. The monoisotopic (exact) mass is 427 g/mol. The molecule has 7 nitrogen and oxygen atoms in total. The summed E-state index contributed by atoms with van der Waals surface area (Å²) in [5.41, 5.74) is -0.326. The molecule has 0 spiro atoms. The smallest absolute Gasteiger partial charge is 0.271 e. The standard InChI is InChI=1S/C15H11BrFN3O4S/c1-24-13-5-2-8(16)6-10(13)14(21)19-15(25)18-12-7-9(20(22)23)3-4-11(12)17/h2-7H,1H3,(H2,18,19,21,25). The SMILES string of the molecule is COc1ccc(Br)cc1C(=O)NC(=S)Nc1cc([N+](=O)[O-])ccc1F. The van der Waals surface area contributed by atoms with Gasteiger partial charge >= 0.3 is 0 Å². The Morgan fingerprint density at radius 3 is 2.68 bits per heavy atom. The minimum absolute atomic E-state index is 0.209. The first-order valence-corrected chi connectivity index (χ1v) is 7.91. The van der Waals surface area contributed by atoms with E-state index in [2.05, 4.69) is 26.6 Å². The Balaban J connectivity index is 2.15. The van der Waals surface area contributed by atoms with E-state index in [-0.39, 0.29) is 22.1 Å². The summed E-state index contributed by atoms with van der Waals surface area (Å²) in [6.07, 6.45) is 0. The van der Waals surface area contributed by atoms with Crippen molar-refractivity contribution in [3.63, 3.8) is 0 Å². The highest BCUT2D eigenvalue weighted by Crippen LogP contribution is 2.23. The lowest BCUT2D eigenvalue weighted by Gasteiger charge is -2.12. The molecule has 130 valence electrons. The van der Waals surface area contributed by atoms with Crippen molar-refractivity contribution in [3.05, 3.63) is 62.4 Å². The Bertz CT molecular complexity index is 863. The fourth-order valence-electron chi connectivity index (χ4n) is 1.90. The number of hydrogen-bond donors (Lipinski definition) is 2. The minimum Gasteiger partial charge on any atom is -0.496 e. The van der Waals surface area contributed by atoms with Crippen LogP contribution in [0.2, 0.25) is 0 Å². The number of benzene rings is 2. The molecule has 10 heteroatoms. The van der Waals surface area contributed by atoms with Gasteiger partial charge in [-0.3, -0.25) is 20.2 Å². The Morgan fingerprint density at radius 2 is 2.04 bits per heavy atom. The fraction of sp³-hybridized carbons (Fsp3) is 0.0667. The van der Waals surface area contributed by atoms with Gasteiger partial charge in [0.1, 0.15) is 11.6 Å². The molecule has 0 atom stereocenters. The highest BCUT2D eigenvalue weighted by Gasteiger charge is 2.16. The van der Waals surface area contributed by atoms with Crippen LogP contribution in [0.4, 0.5) is 15.8 Å². The number of methoxy groups -OCH3 is 1. The topological polar surface area (TPSA) is 93.5 Å². The molecule has 0 fully saturated rings. The van der Waals surface area contributed by atoms with Gasteiger partial charge in [0, 0.05) is 16.6 Å². The van der Waals surface area contributed by atoms with E-state index in [0.29, 0.717) is 10.2 Å². The van der Waals surface area contributed by atoms with Crippen LogP contribution in [-0.4, -0.2) is 23.1 Å². The normalized spacial score (nSPS) is 10.0. The van der Waals surface area contributed by atoms with Gasteiger partial charge in [0.2, 0.25) is 0 Å². The molecule has 0 unspecified atom stereocenters. The second-order valence-electron chi connectivity index (χ2n) is 4.67. The van der Waals surface area contributed by atoms with E-state index < -0.39 is 16.6 Å². The lowest BCUT2D eigenvalue weighted by Crippen LogP contribution is -2.34. The molecule has 2 aromatic rings. The first-order chi connectivity index (χ1) is 11.8. The van der Waals surface area contributed by atoms with Crippen LogP contribution in [-0.2, 0) is 0 Å². The van der Waals surface area contributed by atoms with Crippen molar-refractivity contribution in [2.75, 3.05) is 12.4 Å². The summed E-state index contributed by atoms with van der Waals surface area (Å²) >= 11 is 8.21. The fourth-order valence-corrected chi connectivity index (χ4v) is 2.47. The van der Waals surface area contributed by atoms with Crippen LogP contribution in [0.15, 0.2) is 40.9 Å². The first-order valence-electron chi connectivity index (χ1n) is 6.71. The second kappa shape index (κ2) is 7.99. The lowest BCUT2D eigenvalue weighted by molar-refractivity contribution is -0.384. The Hall–Kier alpha value is -2.59. The van der Waals surface area contributed by atoms with E-state index in [1.54, 1.807) is 12.1 Å². The molecule has 25 heavy (non-hydrogen) atoms. The molecule has 0 saturated heterocycles. The Labute approximate surface area is 155 Å². The summed E-state index contributed by atoms with van der Waals surface area (Å²) in [6.45, 7) is 0. The van der Waals surface area contributed by atoms with Gasteiger partial charge in [0.25, 0.3) is 11.6 Å². The number of nitro groups is 1. The molecule has 1 amide bonds. The third-order valence-electron chi connectivity index (χ3n) is 3.04. The van der Waals surface area contributed by atoms with E-state index in [1.807, 2.05) is 0 Å². The van der Waals surface area contributed by atoms with Gasteiger partial charge in [-0.2, -0.15) is 0 Å². The summed E-state index contributed by atoms with van der Waals surface area (Å²) in [4.78, 5) is 22.4. The zero-order chi connectivity index (χ0) is 18.6. The van der Waals surface area contributed by atoms with Crippen molar-refractivity contribution < 1.29 is 18.8 Å². The Morgan fingerprint density at radius 1 is 1.32 bits per heavy atom. The van der Waals surface area contributed by atoms with E-state index in [4.69, 9.17) is 17.0 Å². The largest absolute Gasteiger partial charge is 0.496 e. The third kappa shape index (κ3) is 4.70. The van der Waals surface area contributed by atoms with Gasteiger partial charge < -0.3 is 10.1 Å². The number of nitrogens with one attached hydrogen (secondary N) is 2. The first kappa shape index (κ1) is 18.7. The van der Waals surface area contributed by atoms with Crippen LogP contribution < -0.4 is 15.4 Å². The molecular formula is C15H11BrFN3O4S. The predicted octanol–water partition coefficient (Wildman–Crippen LogP) is 3.63. The number of nitro benzene ring substituents is 1. The molecule has 0 saturated carbocycles. The highest BCUT2D eigenvalue weighted by atomic mass is 79.9. The lowest BCUT2D eigenvalue weighted by atomic mass is 10.2. The van der Waals surface area contributed by atoms with E-state index in [1.165, 1.54) is 13.2 Å². The van der Waals surface area contributed by atoms with Gasteiger partial charge in [0.15, 0.2) is 5.11 Å². The molecule has 0 aromatic heterocycles. The molecule has 2 aromatic carbocycles. The van der Waals surface area contributed by atoms with Gasteiger partial charge in [-0.1, -0.05) is 15.9 Å². The van der Waals surface area contributed by atoms with Crippen LogP contribution in [0.3, 0.4) is 0 Å². The second-order valence-corrected chi connectivity index (χ2v) is 6.00. The zero-order valence-electron chi connectivity index (χ0n) is 12.7. The molecule has 0 heterocycles. The third-order valence-corrected chi connectivity index (χ3v) is 3.74. The van der Waals surface area contributed by atoms with Crippen molar-refractivity contribution >= 4 is 50.5 Å². The average Bonchev–Trinajstić information content (AvgIpc) is 2.56. The number of carbonyl (C=O) groups excluding carboxylic acids is 1. The zero-order valence-corrected chi connectivity index (χ0v) is 15.1. The van der Waals surface area contributed by atoms with Crippen LogP contribution in [0.1, 0.15) is 10.4 Å². The van der Waals surface area contributed by atoms with Crippen LogP contribution in [0.5, 0.6) is 5.75 Å². The number of hydrogen-bond acceptors (Lipinski definition) is 5. The van der Waals surface area contributed by atoms with Gasteiger partial charge in [-0.25, -0.2) is 4.39 Å². The average molecular weight is 428 g/mol. The number of halogens is 2. The summed E-state index contributed by atoms with van der Waals surface area (Å²) in [5, 5.41) is 15.3. The molecule has 2 N–H and O–H groups in total. The van der Waals surface area contributed by atoms with Crippen LogP contribution >= 0.6 is 28.1 Å². The van der Waals surface area contributed by atoms with Crippen molar-refractivity contribution in [1.82, 2.24) is 5.32 Å². The molecule has 0 aliphatic rings. The summed E-state index contributed by atoms with van der Waals surface area (Å²) in [5.74, 6) is -1.01. The number of nitrogens with zero attached hydrogens (tertiary/aromatic N) is 1. The summed E-state index contributed by atoms with van der Waals surface area (Å²) < 4.78 is 19.5. The molecule has 0 bridgehead atoms. The molecule has 0 aliphatic carbocycles. The maximum atomic E-state index is 13.7. The number of thiocarbonyl (C=S) groups is 1. The predicted molar refractivity (Wildman–Crippen MR) is 97.4 cm³/mol. The highest BCUT2D eigenvalue weighted by molar-refractivity contribution is 9.10. The van der Waals surface area contributed by atoms with E-state index >= 15 is 0 Å². The van der Waals surface area contributed by atoms with Crippen molar-refractivity contribution in [3.8, 4) is 5.75 Å². The van der Waals surface area contributed by atoms with E-state index in [9.17, 15) is 19.3 Å². The summed E-state index contributed by atoms with van der Waals surface area (Å²) in [7, 11) is 1.41. The van der Waals surface area contributed by atoms with Gasteiger partial charge in [-0.05, 0) is 36.5 Å². The number of rotatable bonds is 4. The number of non-ortho nitro benzene ring substituents is 1. The quantitative estimate of drug-likeness (QED) is 0.439. The number of amides is 1. The maximum absolute atomic E-state index is 13.7. The molecule has 0 aliphatic heterocycles. The number of carbonyl (C=O) groups is 1. The van der Waals surface area contributed by atoms with Crippen molar-refractivity contribution in [2.45, 2.75) is 0 Å². The van der Waals surface area contributed by atoms with Crippen LogP contribution in [0.25, 0.3) is 0 Å². The maximum Gasteiger partial charge on any atom is 0.271 e. The molecule has 0 radical (unpaired) electrons.